The fraction of sp³-hybridized carbons (Fsp3) is 0.0556. The van der Waals surface area contributed by atoms with Crippen LogP contribution in [0.5, 0.6) is 11.5 Å². The van der Waals surface area contributed by atoms with Gasteiger partial charge in [-0.3, -0.25) is 0 Å². The second-order valence-corrected chi connectivity index (χ2v) is 5.84. The zero-order valence-electron chi connectivity index (χ0n) is 13.6. The molecule has 10 heteroatoms. The number of benzene rings is 2. The van der Waals surface area contributed by atoms with Crippen LogP contribution in [0.15, 0.2) is 42.7 Å². The Morgan fingerprint density at radius 3 is 2.32 bits per heavy atom. The molecule has 0 aliphatic rings. The molecule has 0 saturated heterocycles. The SMILES string of the molecule is N#Cc1cc(Cl)c(Oc2cc(F)c(C(F)(F)F)cc2-c2ccnnc2)cc1F. The Kier molecular flexibility index (Phi) is 5.16. The summed E-state index contributed by atoms with van der Waals surface area (Å²) in [6.45, 7) is 0. The summed E-state index contributed by atoms with van der Waals surface area (Å²) in [5.41, 5.74) is -1.87. The monoisotopic (exact) mass is 411 g/mol. The van der Waals surface area contributed by atoms with Gasteiger partial charge in [0.2, 0.25) is 0 Å². The van der Waals surface area contributed by atoms with Crippen molar-refractivity contribution in [1.29, 1.82) is 5.26 Å². The van der Waals surface area contributed by atoms with Gasteiger partial charge in [-0.25, -0.2) is 8.78 Å². The lowest BCUT2D eigenvalue weighted by Crippen LogP contribution is -2.09. The first-order valence-electron chi connectivity index (χ1n) is 7.45. The molecule has 0 atom stereocenters. The summed E-state index contributed by atoms with van der Waals surface area (Å²) in [4.78, 5) is 0. The van der Waals surface area contributed by atoms with Crippen molar-refractivity contribution >= 4 is 11.6 Å². The first kappa shape index (κ1) is 19.5. The molecule has 0 saturated carbocycles. The second kappa shape index (κ2) is 7.40. The Balaban J connectivity index is 2.17. The van der Waals surface area contributed by atoms with Gasteiger partial charge in [0.1, 0.15) is 29.2 Å². The van der Waals surface area contributed by atoms with Crippen LogP contribution in [0.4, 0.5) is 22.0 Å². The molecule has 0 radical (unpaired) electrons. The number of rotatable bonds is 3. The molecule has 0 N–H and O–H groups in total. The topological polar surface area (TPSA) is 58.8 Å². The third-order valence-corrected chi connectivity index (χ3v) is 3.93. The fourth-order valence-electron chi connectivity index (χ4n) is 2.34. The molecule has 28 heavy (non-hydrogen) atoms. The molecule has 1 aromatic heterocycles. The minimum Gasteiger partial charge on any atom is -0.455 e. The van der Waals surface area contributed by atoms with Crippen molar-refractivity contribution in [2.24, 2.45) is 0 Å². The molecule has 3 aromatic rings. The smallest absolute Gasteiger partial charge is 0.419 e. The fourth-order valence-corrected chi connectivity index (χ4v) is 2.55. The van der Waals surface area contributed by atoms with Crippen molar-refractivity contribution in [1.82, 2.24) is 10.2 Å². The second-order valence-electron chi connectivity index (χ2n) is 5.43. The summed E-state index contributed by atoms with van der Waals surface area (Å²) in [6.07, 6.45) is -2.57. The molecule has 0 aliphatic heterocycles. The standard InChI is InChI=1S/C18H7ClF5N3O/c19-13-3-10(7-25)14(20)5-17(13)28-16-6-15(21)12(18(22,23)24)4-11(16)9-1-2-26-27-8-9/h1-6,8H. The highest BCUT2D eigenvalue weighted by Crippen LogP contribution is 2.41. The Morgan fingerprint density at radius 1 is 1.00 bits per heavy atom. The van der Waals surface area contributed by atoms with Crippen molar-refractivity contribution < 1.29 is 26.7 Å². The molecule has 0 bridgehead atoms. The minimum atomic E-state index is -4.95. The molecule has 0 fully saturated rings. The van der Waals surface area contributed by atoms with Crippen molar-refractivity contribution in [3.63, 3.8) is 0 Å². The molecule has 0 unspecified atom stereocenters. The van der Waals surface area contributed by atoms with Crippen molar-refractivity contribution in [3.05, 3.63) is 70.5 Å². The molecule has 2 aromatic carbocycles. The Labute approximate surface area is 159 Å². The zero-order chi connectivity index (χ0) is 20.5. The number of aromatic nitrogens is 2. The average molecular weight is 412 g/mol. The van der Waals surface area contributed by atoms with E-state index >= 15 is 0 Å². The molecule has 3 rings (SSSR count). The summed E-state index contributed by atoms with van der Waals surface area (Å²) < 4.78 is 72.6. The maximum absolute atomic E-state index is 14.1. The normalized spacial score (nSPS) is 11.2. The average Bonchev–Trinajstić information content (AvgIpc) is 2.64. The van der Waals surface area contributed by atoms with Gasteiger partial charge in [0.15, 0.2) is 0 Å². The van der Waals surface area contributed by atoms with Gasteiger partial charge < -0.3 is 4.74 Å². The molecule has 0 spiro atoms. The van der Waals surface area contributed by atoms with Crippen LogP contribution in [0.1, 0.15) is 11.1 Å². The van der Waals surface area contributed by atoms with Gasteiger partial charge in [0.25, 0.3) is 0 Å². The predicted molar refractivity (Wildman–Crippen MR) is 88.6 cm³/mol. The van der Waals surface area contributed by atoms with Crippen molar-refractivity contribution in [2.75, 3.05) is 0 Å². The summed E-state index contributed by atoms with van der Waals surface area (Å²) in [7, 11) is 0. The quantitative estimate of drug-likeness (QED) is 0.514. The molecular formula is C18H7ClF5N3O. The molecule has 1 heterocycles. The van der Waals surface area contributed by atoms with Crippen molar-refractivity contribution in [2.45, 2.75) is 6.18 Å². The molecule has 142 valence electrons. The predicted octanol–water partition coefficient (Wildman–Crippen LogP) is 5.76. The lowest BCUT2D eigenvalue weighted by molar-refractivity contribution is -0.139. The maximum atomic E-state index is 14.1. The maximum Gasteiger partial charge on any atom is 0.419 e. The van der Waals surface area contributed by atoms with Crippen molar-refractivity contribution in [3.8, 4) is 28.7 Å². The highest BCUT2D eigenvalue weighted by Gasteiger charge is 2.35. The highest BCUT2D eigenvalue weighted by molar-refractivity contribution is 6.32. The van der Waals surface area contributed by atoms with E-state index in [1.165, 1.54) is 12.3 Å². The lowest BCUT2D eigenvalue weighted by atomic mass is 10.0. The molecule has 0 aliphatic carbocycles. The van der Waals surface area contributed by atoms with Gasteiger partial charge in [0.05, 0.1) is 28.5 Å². The van der Waals surface area contributed by atoms with Gasteiger partial charge in [0, 0.05) is 23.3 Å². The zero-order valence-corrected chi connectivity index (χ0v) is 14.3. The Morgan fingerprint density at radius 2 is 1.71 bits per heavy atom. The Bertz CT molecular complexity index is 1080. The number of halogens is 6. The summed E-state index contributed by atoms with van der Waals surface area (Å²) in [5.74, 6) is -3.20. The van der Waals surface area contributed by atoms with Gasteiger partial charge in [-0.05, 0) is 18.2 Å². The molecule has 4 nitrogen and oxygen atoms in total. The number of nitrogens with zero attached hydrogens (tertiary/aromatic N) is 3. The van der Waals surface area contributed by atoms with Gasteiger partial charge in [-0.1, -0.05) is 11.6 Å². The summed E-state index contributed by atoms with van der Waals surface area (Å²) >= 11 is 5.93. The summed E-state index contributed by atoms with van der Waals surface area (Å²) in [5, 5.41) is 15.7. The van der Waals surface area contributed by atoms with Crippen LogP contribution in [0, 0.1) is 23.0 Å². The number of nitriles is 1. The number of ether oxygens (including phenoxy) is 1. The third kappa shape index (κ3) is 3.87. The first-order chi connectivity index (χ1) is 13.2. The number of hydrogen-bond donors (Lipinski definition) is 0. The van der Waals surface area contributed by atoms with E-state index in [1.807, 2.05) is 0 Å². The van der Waals surface area contributed by atoms with E-state index in [0.717, 1.165) is 18.3 Å². The third-order valence-electron chi connectivity index (χ3n) is 3.63. The lowest BCUT2D eigenvalue weighted by Gasteiger charge is -2.16. The molecule has 0 amide bonds. The van der Waals surface area contributed by atoms with Crippen LogP contribution in [0.3, 0.4) is 0 Å². The van der Waals surface area contributed by atoms with Crippen LogP contribution in [0.25, 0.3) is 11.1 Å². The van der Waals surface area contributed by atoms with Gasteiger partial charge in [-0.2, -0.15) is 28.6 Å². The van der Waals surface area contributed by atoms with E-state index < -0.39 is 23.4 Å². The van der Waals surface area contributed by atoms with Crippen LogP contribution in [-0.4, -0.2) is 10.2 Å². The molecular weight excluding hydrogens is 405 g/mol. The summed E-state index contributed by atoms with van der Waals surface area (Å²) in [6, 6.07) is 5.76. The van der Waals surface area contributed by atoms with E-state index in [0.29, 0.717) is 12.1 Å². The Hall–Kier alpha value is -3.25. The highest BCUT2D eigenvalue weighted by atomic mass is 35.5. The van der Waals surface area contributed by atoms with Crippen LogP contribution >= 0.6 is 11.6 Å². The van der Waals surface area contributed by atoms with E-state index in [9.17, 15) is 22.0 Å². The van der Waals surface area contributed by atoms with E-state index in [1.54, 1.807) is 6.07 Å². The van der Waals surface area contributed by atoms with Gasteiger partial charge >= 0.3 is 6.18 Å². The number of hydrogen-bond acceptors (Lipinski definition) is 4. The largest absolute Gasteiger partial charge is 0.455 e. The van der Waals surface area contributed by atoms with Crippen LogP contribution in [0.2, 0.25) is 5.02 Å². The minimum absolute atomic E-state index is 0.153. The van der Waals surface area contributed by atoms with Crippen LogP contribution < -0.4 is 4.74 Å². The first-order valence-corrected chi connectivity index (χ1v) is 7.83. The van der Waals surface area contributed by atoms with E-state index in [4.69, 9.17) is 21.6 Å². The van der Waals surface area contributed by atoms with Gasteiger partial charge in [-0.15, -0.1) is 0 Å². The van der Waals surface area contributed by atoms with E-state index in [2.05, 4.69) is 10.2 Å². The van der Waals surface area contributed by atoms with Crippen LogP contribution in [-0.2, 0) is 6.18 Å². The number of alkyl halides is 3. The van der Waals surface area contributed by atoms with E-state index in [-0.39, 0.29) is 33.2 Å².